The van der Waals surface area contributed by atoms with Crippen molar-refractivity contribution in [3.8, 4) is 0 Å². The molecule has 1 aliphatic heterocycles. The van der Waals surface area contributed by atoms with Crippen LogP contribution in [-0.2, 0) is 6.54 Å². The molecule has 1 unspecified atom stereocenters. The van der Waals surface area contributed by atoms with Crippen molar-refractivity contribution in [3.05, 3.63) is 17.5 Å². The molecule has 0 amide bonds. The van der Waals surface area contributed by atoms with Crippen molar-refractivity contribution in [2.45, 2.75) is 59.5 Å². The molecule has 0 saturated carbocycles. The minimum absolute atomic E-state index is 0. The molecule has 7 heteroatoms. The van der Waals surface area contributed by atoms with Crippen LogP contribution in [0.25, 0.3) is 0 Å². The van der Waals surface area contributed by atoms with E-state index in [1.54, 1.807) is 0 Å². The van der Waals surface area contributed by atoms with E-state index in [9.17, 15) is 0 Å². The van der Waals surface area contributed by atoms with E-state index in [0.717, 1.165) is 50.8 Å². The van der Waals surface area contributed by atoms with Crippen LogP contribution in [0, 0.1) is 13.8 Å². The Hall–Kier alpha value is -0.830. The fourth-order valence-corrected chi connectivity index (χ4v) is 3.39. The second-order valence-corrected chi connectivity index (χ2v) is 6.57. The molecule has 0 aromatic carbocycles. The third-order valence-corrected chi connectivity index (χ3v) is 4.65. The van der Waals surface area contributed by atoms with Gasteiger partial charge in [0.25, 0.3) is 0 Å². The second kappa shape index (κ2) is 11.7. The largest absolute Gasteiger partial charge is 0.357 e. The van der Waals surface area contributed by atoms with Gasteiger partial charge in [-0.15, -0.1) is 24.0 Å². The number of aryl methyl sites for hydroxylation is 3. The van der Waals surface area contributed by atoms with Gasteiger partial charge in [0.2, 0.25) is 0 Å². The summed E-state index contributed by atoms with van der Waals surface area (Å²) in [6.07, 6.45) is 3.62. The van der Waals surface area contributed by atoms with E-state index in [2.05, 4.69) is 52.2 Å². The summed E-state index contributed by atoms with van der Waals surface area (Å²) >= 11 is 0. The van der Waals surface area contributed by atoms with Crippen LogP contribution in [0.3, 0.4) is 0 Å². The van der Waals surface area contributed by atoms with Gasteiger partial charge >= 0.3 is 0 Å². The lowest BCUT2D eigenvalue weighted by Gasteiger charge is -2.21. The molecule has 144 valence electrons. The van der Waals surface area contributed by atoms with Crippen molar-refractivity contribution in [2.75, 3.05) is 32.7 Å². The van der Waals surface area contributed by atoms with Crippen LogP contribution < -0.4 is 10.6 Å². The van der Waals surface area contributed by atoms with Crippen molar-refractivity contribution in [3.63, 3.8) is 0 Å². The van der Waals surface area contributed by atoms with Gasteiger partial charge in [-0.3, -0.25) is 14.6 Å². The summed E-state index contributed by atoms with van der Waals surface area (Å²) in [6, 6.07) is 2.74. The molecular formula is C18H35IN6. The first kappa shape index (κ1) is 22.2. The SMILES string of the molecule is CCNC(=NCC1CCCN1CC)NCCCn1nc(C)cc1C.I. The van der Waals surface area contributed by atoms with Crippen LogP contribution in [0.15, 0.2) is 11.1 Å². The third-order valence-electron chi connectivity index (χ3n) is 4.65. The number of rotatable bonds is 8. The summed E-state index contributed by atoms with van der Waals surface area (Å²) in [5.41, 5.74) is 2.32. The van der Waals surface area contributed by atoms with Gasteiger partial charge in [-0.05, 0) is 59.2 Å². The molecule has 1 atom stereocenters. The van der Waals surface area contributed by atoms with E-state index in [0.29, 0.717) is 6.04 Å². The van der Waals surface area contributed by atoms with Gasteiger partial charge in [0, 0.05) is 31.4 Å². The maximum absolute atomic E-state index is 4.79. The minimum Gasteiger partial charge on any atom is -0.357 e. The molecule has 1 aromatic rings. The number of hydrogen-bond donors (Lipinski definition) is 2. The fourth-order valence-electron chi connectivity index (χ4n) is 3.39. The molecule has 0 spiro atoms. The summed E-state index contributed by atoms with van der Waals surface area (Å²) in [5.74, 6) is 0.939. The van der Waals surface area contributed by atoms with Gasteiger partial charge in [-0.2, -0.15) is 5.10 Å². The Morgan fingerprint density at radius 2 is 2.12 bits per heavy atom. The van der Waals surface area contributed by atoms with E-state index in [4.69, 9.17) is 4.99 Å². The van der Waals surface area contributed by atoms with Crippen LogP contribution in [0.5, 0.6) is 0 Å². The van der Waals surface area contributed by atoms with Crippen LogP contribution in [0.1, 0.15) is 44.5 Å². The number of nitrogens with zero attached hydrogens (tertiary/aromatic N) is 4. The monoisotopic (exact) mass is 462 g/mol. The summed E-state index contributed by atoms with van der Waals surface area (Å²) in [7, 11) is 0. The lowest BCUT2D eigenvalue weighted by Crippen LogP contribution is -2.39. The maximum Gasteiger partial charge on any atom is 0.191 e. The summed E-state index contributed by atoms with van der Waals surface area (Å²) in [5, 5.41) is 11.3. The summed E-state index contributed by atoms with van der Waals surface area (Å²) in [6.45, 7) is 14.5. The first-order chi connectivity index (χ1) is 11.6. The molecule has 0 bridgehead atoms. The molecule has 2 heterocycles. The number of aliphatic imine (C=N–C) groups is 1. The quantitative estimate of drug-likeness (QED) is 0.270. The Kier molecular flexibility index (Phi) is 10.4. The molecule has 1 saturated heterocycles. The lowest BCUT2D eigenvalue weighted by molar-refractivity contribution is 0.273. The van der Waals surface area contributed by atoms with E-state index in [1.165, 1.54) is 25.1 Å². The molecule has 2 rings (SSSR count). The molecule has 0 aliphatic carbocycles. The van der Waals surface area contributed by atoms with Gasteiger partial charge in [0.1, 0.15) is 0 Å². The Balaban J connectivity index is 0.00000312. The average Bonchev–Trinajstić information content (AvgIpc) is 3.14. The Bertz CT molecular complexity index is 528. The Morgan fingerprint density at radius 3 is 2.76 bits per heavy atom. The first-order valence-electron chi connectivity index (χ1n) is 9.41. The second-order valence-electron chi connectivity index (χ2n) is 6.57. The number of nitrogens with one attached hydrogen (secondary N) is 2. The molecule has 6 nitrogen and oxygen atoms in total. The van der Waals surface area contributed by atoms with E-state index >= 15 is 0 Å². The molecule has 1 aliphatic rings. The van der Waals surface area contributed by atoms with Crippen molar-refractivity contribution in [1.29, 1.82) is 0 Å². The molecule has 25 heavy (non-hydrogen) atoms. The highest BCUT2D eigenvalue weighted by atomic mass is 127. The normalized spacial score (nSPS) is 18.2. The van der Waals surface area contributed by atoms with E-state index in [1.807, 2.05) is 6.92 Å². The molecule has 1 fully saturated rings. The number of likely N-dealkylation sites (tertiary alicyclic amines) is 1. The molecule has 1 aromatic heterocycles. The zero-order valence-corrected chi connectivity index (χ0v) is 18.5. The number of guanidine groups is 1. The number of aromatic nitrogens is 2. The average molecular weight is 462 g/mol. The molecular weight excluding hydrogens is 427 g/mol. The molecule has 2 N–H and O–H groups in total. The van der Waals surface area contributed by atoms with Gasteiger partial charge in [-0.25, -0.2) is 0 Å². The Morgan fingerprint density at radius 1 is 1.32 bits per heavy atom. The summed E-state index contributed by atoms with van der Waals surface area (Å²) < 4.78 is 2.08. The standard InChI is InChI=1S/C18H34N6.HI/c1-5-19-18(21-14-17-9-7-11-23(17)6-2)20-10-8-12-24-16(4)13-15(3)22-24;/h13,17H,5-12,14H2,1-4H3,(H2,19,20,21);1H. The number of likely N-dealkylation sites (N-methyl/N-ethyl adjacent to an activating group) is 1. The zero-order valence-electron chi connectivity index (χ0n) is 16.2. The van der Waals surface area contributed by atoms with Crippen molar-refractivity contribution in [1.82, 2.24) is 25.3 Å². The highest BCUT2D eigenvalue weighted by Gasteiger charge is 2.22. The first-order valence-corrected chi connectivity index (χ1v) is 9.41. The van der Waals surface area contributed by atoms with Crippen LogP contribution in [0.2, 0.25) is 0 Å². The third kappa shape index (κ3) is 7.13. The van der Waals surface area contributed by atoms with Crippen LogP contribution in [-0.4, -0.2) is 59.4 Å². The van der Waals surface area contributed by atoms with E-state index < -0.39 is 0 Å². The van der Waals surface area contributed by atoms with Crippen molar-refractivity contribution in [2.24, 2.45) is 4.99 Å². The Labute approximate surface area is 169 Å². The lowest BCUT2D eigenvalue weighted by atomic mass is 10.2. The fraction of sp³-hybridized carbons (Fsp3) is 0.778. The van der Waals surface area contributed by atoms with E-state index in [-0.39, 0.29) is 24.0 Å². The predicted molar refractivity (Wildman–Crippen MR) is 116 cm³/mol. The zero-order chi connectivity index (χ0) is 17.4. The highest BCUT2D eigenvalue weighted by molar-refractivity contribution is 14.0. The van der Waals surface area contributed by atoms with Crippen LogP contribution in [0.4, 0.5) is 0 Å². The topological polar surface area (TPSA) is 57.5 Å². The maximum atomic E-state index is 4.79. The molecule has 0 radical (unpaired) electrons. The van der Waals surface area contributed by atoms with Crippen molar-refractivity contribution >= 4 is 29.9 Å². The van der Waals surface area contributed by atoms with Gasteiger partial charge in [0.05, 0.1) is 12.2 Å². The van der Waals surface area contributed by atoms with Crippen LogP contribution >= 0.6 is 24.0 Å². The minimum atomic E-state index is 0. The smallest absolute Gasteiger partial charge is 0.191 e. The summed E-state index contributed by atoms with van der Waals surface area (Å²) in [4.78, 5) is 7.33. The number of halogens is 1. The van der Waals surface area contributed by atoms with Crippen molar-refractivity contribution < 1.29 is 0 Å². The van der Waals surface area contributed by atoms with Gasteiger partial charge < -0.3 is 10.6 Å². The highest BCUT2D eigenvalue weighted by Crippen LogP contribution is 2.16. The van der Waals surface area contributed by atoms with Gasteiger partial charge in [-0.1, -0.05) is 6.92 Å². The predicted octanol–water partition coefficient (Wildman–Crippen LogP) is 2.55. The van der Waals surface area contributed by atoms with Gasteiger partial charge in [0.15, 0.2) is 5.96 Å². The number of hydrogen-bond acceptors (Lipinski definition) is 3.